The summed E-state index contributed by atoms with van der Waals surface area (Å²) in [5, 5.41) is 10.5. The molecule has 0 saturated heterocycles. The number of isocyanates is 1. The summed E-state index contributed by atoms with van der Waals surface area (Å²) in [4.78, 5) is 22.9. The van der Waals surface area contributed by atoms with Crippen molar-refractivity contribution in [3.05, 3.63) is 32.3 Å². The average molecular weight is 233 g/mol. The van der Waals surface area contributed by atoms with Crippen LogP contribution < -0.4 is 0 Å². The van der Waals surface area contributed by atoms with E-state index in [0.717, 1.165) is 6.07 Å². The number of benzene rings is 1. The topological polar surface area (TPSA) is 72.6 Å². The molecule has 0 fully saturated rings. The Morgan fingerprint density at radius 2 is 2.07 bits per heavy atom. The second kappa shape index (κ2) is 4.19. The summed E-state index contributed by atoms with van der Waals surface area (Å²) in [7, 11) is 0. The quantitative estimate of drug-likeness (QED) is 0.341. The second-order valence-corrected chi connectivity index (χ2v) is 3.06. The summed E-state index contributed by atoms with van der Waals surface area (Å²) in [6.45, 7) is 0. The minimum absolute atomic E-state index is 0.0625. The second-order valence-electron chi connectivity index (χ2n) is 2.22. The van der Waals surface area contributed by atoms with Crippen LogP contribution in [0.3, 0.4) is 0 Å². The fourth-order valence-electron chi connectivity index (χ4n) is 0.848. The van der Waals surface area contributed by atoms with Crippen molar-refractivity contribution in [3.8, 4) is 0 Å². The van der Waals surface area contributed by atoms with Crippen molar-refractivity contribution in [2.45, 2.75) is 0 Å². The molecule has 0 aromatic heterocycles. The molecule has 0 bridgehead atoms. The van der Waals surface area contributed by atoms with E-state index in [4.69, 9.17) is 23.2 Å². The first kappa shape index (κ1) is 10.7. The van der Waals surface area contributed by atoms with E-state index >= 15 is 0 Å². The van der Waals surface area contributed by atoms with Crippen LogP contribution in [0.5, 0.6) is 0 Å². The van der Waals surface area contributed by atoms with Gasteiger partial charge in [0.15, 0.2) is 5.69 Å². The van der Waals surface area contributed by atoms with Gasteiger partial charge in [-0.2, -0.15) is 4.99 Å². The summed E-state index contributed by atoms with van der Waals surface area (Å²) in [6.07, 6.45) is 1.18. The Hall–Kier alpha value is -1.42. The van der Waals surface area contributed by atoms with Gasteiger partial charge in [0, 0.05) is 11.1 Å². The minimum atomic E-state index is -0.728. The highest BCUT2D eigenvalue weighted by molar-refractivity contribution is 6.36. The molecule has 0 atom stereocenters. The highest BCUT2D eigenvalue weighted by Crippen LogP contribution is 2.37. The van der Waals surface area contributed by atoms with Crippen LogP contribution >= 0.6 is 23.2 Å². The Morgan fingerprint density at radius 3 is 2.57 bits per heavy atom. The SMILES string of the molecule is O=C=Nc1c(Cl)cc(Cl)cc1[N+](=O)[O-]. The fourth-order valence-corrected chi connectivity index (χ4v) is 1.37. The van der Waals surface area contributed by atoms with Gasteiger partial charge in [-0.3, -0.25) is 10.1 Å². The van der Waals surface area contributed by atoms with E-state index < -0.39 is 10.6 Å². The van der Waals surface area contributed by atoms with E-state index in [1.807, 2.05) is 0 Å². The lowest BCUT2D eigenvalue weighted by Gasteiger charge is -1.98. The summed E-state index contributed by atoms with van der Waals surface area (Å²) >= 11 is 11.1. The van der Waals surface area contributed by atoms with Gasteiger partial charge < -0.3 is 0 Å². The van der Waals surface area contributed by atoms with Crippen LogP contribution in [0.25, 0.3) is 0 Å². The lowest BCUT2D eigenvalue weighted by atomic mass is 10.3. The molecule has 0 aliphatic rings. The van der Waals surface area contributed by atoms with Crippen LogP contribution in [0.1, 0.15) is 0 Å². The Morgan fingerprint density at radius 1 is 1.43 bits per heavy atom. The maximum absolute atomic E-state index is 10.5. The molecule has 14 heavy (non-hydrogen) atoms. The zero-order valence-electron chi connectivity index (χ0n) is 6.53. The molecule has 0 radical (unpaired) electrons. The molecule has 0 heterocycles. The first-order valence-electron chi connectivity index (χ1n) is 3.27. The summed E-state index contributed by atoms with van der Waals surface area (Å²) in [6, 6.07) is 2.32. The van der Waals surface area contributed by atoms with Crippen LogP contribution in [-0.4, -0.2) is 11.0 Å². The molecule has 0 aliphatic carbocycles. The van der Waals surface area contributed by atoms with Gasteiger partial charge in [-0.15, -0.1) is 0 Å². The van der Waals surface area contributed by atoms with Crippen LogP contribution in [-0.2, 0) is 4.79 Å². The molecule has 0 aliphatic heterocycles. The van der Waals surface area contributed by atoms with Crippen molar-refractivity contribution >= 4 is 40.7 Å². The van der Waals surface area contributed by atoms with Gasteiger partial charge >= 0.3 is 0 Å². The minimum Gasteiger partial charge on any atom is -0.258 e. The monoisotopic (exact) mass is 232 g/mol. The number of carbonyl (C=O) groups excluding carboxylic acids is 1. The first-order valence-corrected chi connectivity index (χ1v) is 4.03. The van der Waals surface area contributed by atoms with Crippen molar-refractivity contribution in [2.24, 2.45) is 4.99 Å². The number of rotatable bonds is 2. The Kier molecular flexibility index (Phi) is 3.19. The third-order valence-electron chi connectivity index (χ3n) is 1.36. The van der Waals surface area contributed by atoms with Gasteiger partial charge in [0.25, 0.3) is 5.69 Å². The molecule has 5 nitrogen and oxygen atoms in total. The highest BCUT2D eigenvalue weighted by atomic mass is 35.5. The maximum atomic E-state index is 10.5. The van der Waals surface area contributed by atoms with Crippen LogP contribution in [0.2, 0.25) is 10.0 Å². The predicted molar refractivity (Wildman–Crippen MR) is 50.9 cm³/mol. The fraction of sp³-hybridized carbons (Fsp3) is 0. The molecule has 1 aromatic carbocycles. The number of nitro groups is 1. The molecule has 0 amide bonds. The number of hydrogen-bond acceptors (Lipinski definition) is 4. The van der Waals surface area contributed by atoms with Gasteiger partial charge in [-0.05, 0) is 6.07 Å². The first-order chi connectivity index (χ1) is 6.56. The maximum Gasteiger partial charge on any atom is 0.298 e. The van der Waals surface area contributed by atoms with E-state index in [0.29, 0.717) is 0 Å². The van der Waals surface area contributed by atoms with Crippen LogP contribution in [0.4, 0.5) is 11.4 Å². The molecule has 72 valence electrons. The third-order valence-corrected chi connectivity index (χ3v) is 1.87. The van der Waals surface area contributed by atoms with Crippen molar-refractivity contribution < 1.29 is 9.72 Å². The van der Waals surface area contributed by atoms with Gasteiger partial charge in [0.05, 0.1) is 9.95 Å². The lowest BCUT2D eigenvalue weighted by Crippen LogP contribution is -1.89. The van der Waals surface area contributed by atoms with E-state index in [1.165, 1.54) is 12.1 Å². The highest BCUT2D eigenvalue weighted by Gasteiger charge is 2.18. The van der Waals surface area contributed by atoms with Gasteiger partial charge in [-0.1, -0.05) is 23.2 Å². The van der Waals surface area contributed by atoms with Crippen LogP contribution in [0, 0.1) is 10.1 Å². The van der Waals surface area contributed by atoms with Crippen LogP contribution in [0.15, 0.2) is 17.1 Å². The Bertz CT molecular complexity index is 441. The molecular formula is C7H2Cl2N2O3. The average Bonchev–Trinajstić information content (AvgIpc) is 2.09. The van der Waals surface area contributed by atoms with Crippen molar-refractivity contribution in [3.63, 3.8) is 0 Å². The van der Waals surface area contributed by atoms with Gasteiger partial charge in [-0.25, -0.2) is 4.79 Å². The number of nitro benzene ring substituents is 1. The molecule has 1 aromatic rings. The standard InChI is InChI=1S/C7H2Cl2N2O3/c8-4-1-5(9)7(10-3-12)6(2-4)11(13)14/h1-2H. The number of hydrogen-bond donors (Lipinski definition) is 0. The van der Waals surface area contributed by atoms with E-state index in [1.54, 1.807) is 0 Å². The van der Waals surface area contributed by atoms with Crippen molar-refractivity contribution in [1.29, 1.82) is 0 Å². The number of nitrogens with zero attached hydrogens (tertiary/aromatic N) is 2. The van der Waals surface area contributed by atoms with E-state index in [9.17, 15) is 14.9 Å². The molecule has 0 unspecified atom stereocenters. The summed E-state index contributed by atoms with van der Waals surface area (Å²) in [5.74, 6) is 0. The molecule has 7 heteroatoms. The van der Waals surface area contributed by atoms with Gasteiger partial charge in [0.2, 0.25) is 6.08 Å². The molecule has 1 rings (SSSR count). The van der Waals surface area contributed by atoms with E-state index in [-0.39, 0.29) is 15.7 Å². The number of aliphatic imine (C=N–C) groups is 1. The zero-order valence-corrected chi connectivity index (χ0v) is 8.04. The molecule has 0 saturated carbocycles. The summed E-state index contributed by atoms with van der Waals surface area (Å²) in [5.41, 5.74) is -0.665. The molecule has 0 spiro atoms. The predicted octanol–water partition coefficient (Wildman–Crippen LogP) is 2.87. The molecular weight excluding hydrogens is 231 g/mol. The zero-order chi connectivity index (χ0) is 10.7. The van der Waals surface area contributed by atoms with Crippen molar-refractivity contribution in [2.75, 3.05) is 0 Å². The third kappa shape index (κ3) is 2.09. The summed E-state index contributed by atoms with van der Waals surface area (Å²) < 4.78 is 0. The van der Waals surface area contributed by atoms with Gasteiger partial charge in [0.1, 0.15) is 0 Å². The van der Waals surface area contributed by atoms with Crippen molar-refractivity contribution in [1.82, 2.24) is 0 Å². The number of halogens is 2. The Balaban J connectivity index is 3.51. The Labute approximate surface area is 88.1 Å². The van der Waals surface area contributed by atoms with E-state index in [2.05, 4.69) is 4.99 Å². The normalized spacial score (nSPS) is 9.29. The largest absolute Gasteiger partial charge is 0.298 e. The smallest absolute Gasteiger partial charge is 0.258 e. The molecule has 0 N–H and O–H groups in total. The lowest BCUT2D eigenvalue weighted by molar-refractivity contribution is -0.384.